The van der Waals surface area contributed by atoms with Crippen molar-refractivity contribution < 1.29 is 9.47 Å². The summed E-state index contributed by atoms with van der Waals surface area (Å²) < 4.78 is 13.4. The fourth-order valence-electron chi connectivity index (χ4n) is 4.16. The SMILES string of the molecule is CN(C)CCCOc1ccc(-c2ccc3ncn4cnc(N5CCOCC5)c4c3c2)cc1. The number of imidazole rings is 1. The fourth-order valence-corrected chi connectivity index (χ4v) is 4.16. The third-order valence-corrected chi connectivity index (χ3v) is 5.86. The standard InChI is InChI=1S/C25H29N5O2/c1-28(2)10-3-13-32-21-7-4-19(5-8-21)20-6-9-23-22(16-20)24-25(27-18-30(24)17-26-23)29-11-14-31-15-12-29/h4-9,16-18H,3,10-15H2,1-2H3. The van der Waals surface area contributed by atoms with Crippen LogP contribution in [0.5, 0.6) is 5.75 Å². The molecule has 0 atom stereocenters. The molecular weight excluding hydrogens is 402 g/mol. The van der Waals surface area contributed by atoms with Gasteiger partial charge in [0.2, 0.25) is 0 Å². The maximum absolute atomic E-state index is 5.88. The molecule has 2 aromatic carbocycles. The van der Waals surface area contributed by atoms with Crippen LogP contribution in [0.15, 0.2) is 55.1 Å². The number of hydrogen-bond acceptors (Lipinski definition) is 6. The molecule has 0 unspecified atom stereocenters. The highest BCUT2D eigenvalue weighted by atomic mass is 16.5. The van der Waals surface area contributed by atoms with E-state index in [9.17, 15) is 0 Å². The van der Waals surface area contributed by atoms with Crippen LogP contribution in [-0.2, 0) is 4.74 Å². The molecule has 0 bridgehead atoms. The number of benzene rings is 2. The highest BCUT2D eigenvalue weighted by molar-refractivity contribution is 6.01. The van der Waals surface area contributed by atoms with Gasteiger partial charge >= 0.3 is 0 Å². The normalized spacial score (nSPS) is 14.5. The molecule has 1 saturated heterocycles. The first kappa shape index (κ1) is 20.7. The molecule has 0 aliphatic carbocycles. The second kappa shape index (κ2) is 9.14. The van der Waals surface area contributed by atoms with Crippen molar-refractivity contribution >= 4 is 22.2 Å². The second-order valence-electron chi connectivity index (χ2n) is 8.43. The van der Waals surface area contributed by atoms with Crippen LogP contribution < -0.4 is 9.64 Å². The zero-order valence-electron chi connectivity index (χ0n) is 18.7. The highest BCUT2D eigenvalue weighted by Crippen LogP contribution is 2.31. The Kier molecular flexibility index (Phi) is 5.92. The predicted octanol–water partition coefficient (Wildman–Crippen LogP) is 3.72. The van der Waals surface area contributed by atoms with Gasteiger partial charge in [-0.25, -0.2) is 9.97 Å². The Hall–Kier alpha value is -3.16. The molecule has 0 amide bonds. The van der Waals surface area contributed by atoms with Crippen molar-refractivity contribution in [2.45, 2.75) is 6.42 Å². The summed E-state index contributed by atoms with van der Waals surface area (Å²) in [5.41, 5.74) is 4.37. The van der Waals surface area contributed by atoms with Crippen molar-refractivity contribution in [3.63, 3.8) is 0 Å². The first-order valence-corrected chi connectivity index (χ1v) is 11.1. The van der Waals surface area contributed by atoms with E-state index in [1.165, 1.54) is 0 Å². The minimum atomic E-state index is 0.725. The minimum Gasteiger partial charge on any atom is -0.494 e. The minimum absolute atomic E-state index is 0.725. The first-order chi connectivity index (χ1) is 15.7. The van der Waals surface area contributed by atoms with E-state index in [0.717, 1.165) is 85.0 Å². The first-order valence-electron chi connectivity index (χ1n) is 11.1. The number of morpholine rings is 1. The molecular formula is C25H29N5O2. The van der Waals surface area contributed by atoms with Gasteiger partial charge in [0.15, 0.2) is 5.82 Å². The summed E-state index contributed by atoms with van der Waals surface area (Å²) in [7, 11) is 4.16. The molecule has 166 valence electrons. The highest BCUT2D eigenvalue weighted by Gasteiger charge is 2.18. The quantitative estimate of drug-likeness (QED) is 0.416. The molecule has 1 fully saturated rings. The maximum Gasteiger partial charge on any atom is 0.155 e. The molecule has 32 heavy (non-hydrogen) atoms. The number of nitrogens with zero attached hydrogens (tertiary/aromatic N) is 5. The van der Waals surface area contributed by atoms with Gasteiger partial charge in [-0.15, -0.1) is 0 Å². The summed E-state index contributed by atoms with van der Waals surface area (Å²) in [5, 5.41) is 1.10. The number of anilines is 1. The number of ether oxygens (including phenoxy) is 2. The monoisotopic (exact) mass is 431 g/mol. The van der Waals surface area contributed by atoms with E-state index in [-0.39, 0.29) is 0 Å². The molecule has 7 heteroatoms. The molecule has 0 saturated carbocycles. The van der Waals surface area contributed by atoms with Gasteiger partial charge in [0, 0.05) is 25.0 Å². The van der Waals surface area contributed by atoms with Gasteiger partial charge in [-0.3, -0.25) is 4.40 Å². The van der Waals surface area contributed by atoms with Crippen LogP contribution in [0.3, 0.4) is 0 Å². The predicted molar refractivity (Wildman–Crippen MR) is 128 cm³/mol. The van der Waals surface area contributed by atoms with Crippen molar-refractivity contribution in [2.24, 2.45) is 0 Å². The lowest BCUT2D eigenvalue weighted by Crippen LogP contribution is -2.36. The van der Waals surface area contributed by atoms with Gasteiger partial charge in [0.25, 0.3) is 0 Å². The Labute approximate surface area is 188 Å². The molecule has 5 rings (SSSR count). The molecule has 7 nitrogen and oxygen atoms in total. The van der Waals surface area contributed by atoms with E-state index in [1.807, 2.05) is 29.2 Å². The third kappa shape index (κ3) is 4.26. The Bertz CT molecular complexity index is 1200. The van der Waals surface area contributed by atoms with Crippen molar-refractivity contribution in [1.82, 2.24) is 19.3 Å². The average molecular weight is 432 g/mol. The second-order valence-corrected chi connectivity index (χ2v) is 8.43. The molecule has 3 heterocycles. The molecule has 1 aliphatic rings. The van der Waals surface area contributed by atoms with Gasteiger partial charge in [0.1, 0.15) is 18.4 Å². The summed E-state index contributed by atoms with van der Waals surface area (Å²) in [4.78, 5) is 13.8. The van der Waals surface area contributed by atoms with E-state index in [4.69, 9.17) is 14.5 Å². The van der Waals surface area contributed by atoms with Crippen LogP contribution in [0.25, 0.3) is 27.5 Å². The Balaban J connectivity index is 1.43. The fraction of sp³-hybridized carbons (Fsp3) is 0.360. The van der Waals surface area contributed by atoms with E-state index in [0.29, 0.717) is 0 Å². The Morgan fingerprint density at radius 2 is 1.72 bits per heavy atom. The van der Waals surface area contributed by atoms with E-state index < -0.39 is 0 Å². The Morgan fingerprint density at radius 1 is 0.969 bits per heavy atom. The smallest absolute Gasteiger partial charge is 0.155 e. The van der Waals surface area contributed by atoms with Gasteiger partial charge in [-0.05, 0) is 55.9 Å². The number of rotatable bonds is 7. The molecule has 2 aromatic heterocycles. The maximum atomic E-state index is 5.88. The summed E-state index contributed by atoms with van der Waals surface area (Å²) in [6, 6.07) is 14.8. The van der Waals surface area contributed by atoms with Gasteiger partial charge in [-0.1, -0.05) is 18.2 Å². The number of fused-ring (bicyclic) bond motifs is 3. The zero-order chi connectivity index (χ0) is 21.9. The molecule has 4 aromatic rings. The van der Waals surface area contributed by atoms with Crippen molar-refractivity contribution in [3.05, 3.63) is 55.1 Å². The van der Waals surface area contributed by atoms with Crippen molar-refractivity contribution in [3.8, 4) is 16.9 Å². The third-order valence-electron chi connectivity index (χ3n) is 5.86. The van der Waals surface area contributed by atoms with Gasteiger partial charge in [-0.2, -0.15) is 0 Å². The summed E-state index contributed by atoms with van der Waals surface area (Å²) in [6.07, 6.45) is 4.71. The van der Waals surface area contributed by atoms with E-state index in [1.54, 1.807) is 0 Å². The van der Waals surface area contributed by atoms with Gasteiger partial charge < -0.3 is 19.3 Å². The lowest BCUT2D eigenvalue weighted by atomic mass is 10.0. The van der Waals surface area contributed by atoms with E-state index >= 15 is 0 Å². The molecule has 1 aliphatic heterocycles. The number of aromatic nitrogens is 3. The summed E-state index contributed by atoms with van der Waals surface area (Å²) in [5.74, 6) is 1.90. The largest absolute Gasteiger partial charge is 0.494 e. The van der Waals surface area contributed by atoms with Crippen LogP contribution in [0.2, 0.25) is 0 Å². The lowest BCUT2D eigenvalue weighted by molar-refractivity contribution is 0.122. The molecule has 0 N–H and O–H groups in total. The molecule has 0 spiro atoms. The van der Waals surface area contributed by atoms with Crippen LogP contribution in [0.4, 0.5) is 5.82 Å². The topological polar surface area (TPSA) is 55.1 Å². The van der Waals surface area contributed by atoms with Crippen molar-refractivity contribution in [1.29, 1.82) is 0 Å². The summed E-state index contributed by atoms with van der Waals surface area (Å²) >= 11 is 0. The summed E-state index contributed by atoms with van der Waals surface area (Å²) in [6.45, 7) is 4.92. The van der Waals surface area contributed by atoms with Crippen LogP contribution in [0.1, 0.15) is 6.42 Å². The van der Waals surface area contributed by atoms with Crippen LogP contribution in [-0.4, -0.2) is 72.8 Å². The van der Waals surface area contributed by atoms with Crippen LogP contribution in [0, 0.1) is 0 Å². The van der Waals surface area contributed by atoms with E-state index in [2.05, 4.69) is 59.2 Å². The molecule has 0 radical (unpaired) electrons. The zero-order valence-corrected chi connectivity index (χ0v) is 18.7. The number of hydrogen-bond donors (Lipinski definition) is 0. The Morgan fingerprint density at radius 3 is 2.50 bits per heavy atom. The van der Waals surface area contributed by atoms with Crippen molar-refractivity contribution in [2.75, 3.05) is 58.5 Å². The van der Waals surface area contributed by atoms with Crippen LogP contribution >= 0.6 is 0 Å². The van der Waals surface area contributed by atoms with Gasteiger partial charge in [0.05, 0.1) is 30.9 Å². The lowest BCUT2D eigenvalue weighted by Gasteiger charge is -2.27. The average Bonchev–Trinajstić information content (AvgIpc) is 3.27.